The fourth-order valence-electron chi connectivity index (χ4n) is 3.56. The van der Waals surface area contributed by atoms with Crippen LogP contribution in [0.3, 0.4) is 0 Å². The van der Waals surface area contributed by atoms with Crippen molar-refractivity contribution in [1.29, 1.82) is 0 Å². The van der Waals surface area contributed by atoms with Crippen molar-refractivity contribution in [2.24, 2.45) is 5.92 Å². The molecule has 0 amide bonds. The molecule has 0 aromatic carbocycles. The third kappa shape index (κ3) is 4.62. The van der Waals surface area contributed by atoms with Gasteiger partial charge in [-0.2, -0.15) is 13.2 Å². The number of hydrogen-bond acceptors (Lipinski definition) is 2. The zero-order chi connectivity index (χ0) is 14.6. The molecular weight excluding hydrogens is 265 g/mol. The topological polar surface area (TPSA) is 15.3 Å². The summed E-state index contributed by atoms with van der Waals surface area (Å²) in [7, 11) is 0. The predicted molar refractivity (Wildman–Crippen MR) is 74.7 cm³/mol. The minimum Gasteiger partial charge on any atom is -0.311 e. The van der Waals surface area contributed by atoms with Crippen LogP contribution in [0.15, 0.2) is 0 Å². The van der Waals surface area contributed by atoms with E-state index in [0.29, 0.717) is 37.8 Å². The molecule has 2 nitrogen and oxygen atoms in total. The average molecular weight is 292 g/mol. The summed E-state index contributed by atoms with van der Waals surface area (Å²) in [6.45, 7) is 5.62. The molecule has 0 bridgehead atoms. The quantitative estimate of drug-likeness (QED) is 0.852. The molecule has 1 aliphatic carbocycles. The fourth-order valence-corrected chi connectivity index (χ4v) is 3.56. The van der Waals surface area contributed by atoms with Gasteiger partial charge in [-0.3, -0.25) is 0 Å². The second-order valence-electron chi connectivity index (χ2n) is 6.37. The van der Waals surface area contributed by atoms with Crippen molar-refractivity contribution in [2.45, 2.75) is 70.1 Å². The van der Waals surface area contributed by atoms with Crippen LogP contribution >= 0.6 is 0 Å². The molecule has 118 valence electrons. The van der Waals surface area contributed by atoms with Crippen LogP contribution < -0.4 is 5.32 Å². The Hall–Kier alpha value is -0.290. The summed E-state index contributed by atoms with van der Waals surface area (Å²) in [6, 6.07) is 0.812. The first-order valence-electron chi connectivity index (χ1n) is 8.04. The minimum absolute atomic E-state index is 0.301. The van der Waals surface area contributed by atoms with E-state index in [0.717, 1.165) is 25.9 Å². The van der Waals surface area contributed by atoms with Crippen molar-refractivity contribution in [1.82, 2.24) is 10.2 Å². The lowest BCUT2D eigenvalue weighted by molar-refractivity contribution is -0.182. The molecule has 0 unspecified atom stereocenters. The lowest BCUT2D eigenvalue weighted by Crippen LogP contribution is -2.47. The molecule has 2 fully saturated rings. The zero-order valence-electron chi connectivity index (χ0n) is 12.4. The van der Waals surface area contributed by atoms with Gasteiger partial charge in [0, 0.05) is 12.1 Å². The minimum atomic E-state index is -3.99. The Morgan fingerprint density at radius 3 is 2.00 bits per heavy atom. The van der Waals surface area contributed by atoms with E-state index in [1.54, 1.807) is 0 Å². The summed E-state index contributed by atoms with van der Waals surface area (Å²) < 4.78 is 37.8. The highest BCUT2D eigenvalue weighted by molar-refractivity contribution is 4.85. The summed E-state index contributed by atoms with van der Waals surface area (Å²) in [5.41, 5.74) is 0. The maximum atomic E-state index is 12.6. The van der Waals surface area contributed by atoms with Crippen LogP contribution in [0.1, 0.15) is 51.9 Å². The van der Waals surface area contributed by atoms with Gasteiger partial charge in [-0.15, -0.1) is 0 Å². The van der Waals surface area contributed by atoms with Gasteiger partial charge in [0.2, 0.25) is 0 Å². The van der Waals surface area contributed by atoms with Gasteiger partial charge in [0.25, 0.3) is 0 Å². The van der Waals surface area contributed by atoms with Crippen molar-refractivity contribution in [3.8, 4) is 0 Å². The molecule has 1 saturated carbocycles. The highest BCUT2D eigenvalue weighted by atomic mass is 19.4. The molecule has 20 heavy (non-hydrogen) atoms. The zero-order valence-corrected chi connectivity index (χ0v) is 12.4. The van der Waals surface area contributed by atoms with Crippen molar-refractivity contribution in [3.63, 3.8) is 0 Å². The number of alkyl halides is 3. The van der Waals surface area contributed by atoms with Gasteiger partial charge in [-0.1, -0.05) is 6.92 Å². The van der Waals surface area contributed by atoms with E-state index in [2.05, 4.69) is 17.1 Å². The van der Waals surface area contributed by atoms with E-state index < -0.39 is 12.1 Å². The summed E-state index contributed by atoms with van der Waals surface area (Å²) in [5, 5.41) is 3.60. The number of hydrogen-bond donors (Lipinski definition) is 1. The van der Waals surface area contributed by atoms with Gasteiger partial charge < -0.3 is 10.2 Å². The standard InChI is InChI=1S/C15H27F3N2/c1-2-9-20-10-7-14(8-11-20)19-13-5-3-12(4-6-13)15(16,17)18/h12-14,19H,2-11H2,1H3. The Kier molecular flexibility index (Phi) is 5.73. The summed E-state index contributed by atoms with van der Waals surface area (Å²) >= 11 is 0. The molecule has 0 aromatic rings. The monoisotopic (exact) mass is 292 g/mol. The molecule has 2 rings (SSSR count). The molecule has 5 heteroatoms. The van der Waals surface area contributed by atoms with Crippen LogP contribution in [-0.2, 0) is 0 Å². The Labute approximate surface area is 120 Å². The molecule has 0 aromatic heterocycles. The second kappa shape index (κ2) is 7.12. The Balaban J connectivity index is 1.66. The van der Waals surface area contributed by atoms with E-state index in [4.69, 9.17) is 0 Å². The first-order chi connectivity index (χ1) is 9.49. The number of nitrogens with zero attached hydrogens (tertiary/aromatic N) is 1. The summed E-state index contributed by atoms with van der Waals surface area (Å²) in [4.78, 5) is 2.48. The van der Waals surface area contributed by atoms with Gasteiger partial charge in [-0.05, 0) is 64.6 Å². The molecule has 1 heterocycles. The van der Waals surface area contributed by atoms with Crippen LogP contribution in [0, 0.1) is 5.92 Å². The first kappa shape index (κ1) is 16.1. The van der Waals surface area contributed by atoms with Gasteiger partial charge in [0.05, 0.1) is 5.92 Å². The molecule has 0 spiro atoms. The molecule has 0 radical (unpaired) electrons. The van der Waals surface area contributed by atoms with Crippen molar-refractivity contribution >= 4 is 0 Å². The largest absolute Gasteiger partial charge is 0.391 e. The van der Waals surface area contributed by atoms with Crippen LogP contribution in [0.2, 0.25) is 0 Å². The Bertz CT molecular complexity index is 277. The lowest BCUT2D eigenvalue weighted by Gasteiger charge is -2.37. The Morgan fingerprint density at radius 2 is 1.50 bits per heavy atom. The van der Waals surface area contributed by atoms with E-state index >= 15 is 0 Å². The molecule has 0 atom stereocenters. The molecule has 1 saturated heterocycles. The number of halogens is 3. The van der Waals surface area contributed by atoms with Crippen molar-refractivity contribution in [3.05, 3.63) is 0 Å². The second-order valence-corrected chi connectivity index (χ2v) is 6.37. The van der Waals surface area contributed by atoms with E-state index in [9.17, 15) is 13.2 Å². The van der Waals surface area contributed by atoms with E-state index in [1.807, 2.05) is 0 Å². The van der Waals surface area contributed by atoms with Crippen molar-refractivity contribution in [2.75, 3.05) is 19.6 Å². The van der Waals surface area contributed by atoms with Crippen LogP contribution in [-0.4, -0.2) is 42.8 Å². The van der Waals surface area contributed by atoms with Crippen LogP contribution in [0.4, 0.5) is 13.2 Å². The number of likely N-dealkylation sites (tertiary alicyclic amines) is 1. The van der Waals surface area contributed by atoms with Crippen LogP contribution in [0.5, 0.6) is 0 Å². The van der Waals surface area contributed by atoms with E-state index in [-0.39, 0.29) is 0 Å². The van der Waals surface area contributed by atoms with Crippen molar-refractivity contribution < 1.29 is 13.2 Å². The van der Waals surface area contributed by atoms with Crippen LogP contribution in [0.25, 0.3) is 0 Å². The van der Waals surface area contributed by atoms with Gasteiger partial charge in [0.15, 0.2) is 0 Å². The summed E-state index contributed by atoms with van der Waals surface area (Å²) in [6.07, 6.45) is 1.44. The van der Waals surface area contributed by atoms with E-state index in [1.165, 1.54) is 13.0 Å². The number of nitrogens with one attached hydrogen (secondary N) is 1. The molecular formula is C15H27F3N2. The number of rotatable bonds is 4. The average Bonchev–Trinajstić information content (AvgIpc) is 2.41. The normalized spacial score (nSPS) is 30.6. The maximum absolute atomic E-state index is 12.6. The highest BCUT2D eigenvalue weighted by Crippen LogP contribution is 2.37. The van der Waals surface area contributed by atoms with Gasteiger partial charge >= 0.3 is 6.18 Å². The molecule has 2 aliphatic rings. The smallest absolute Gasteiger partial charge is 0.311 e. The third-order valence-corrected chi connectivity index (χ3v) is 4.79. The predicted octanol–water partition coefficient (Wildman–Crippen LogP) is 3.57. The third-order valence-electron chi connectivity index (χ3n) is 4.79. The Morgan fingerprint density at radius 1 is 0.950 bits per heavy atom. The first-order valence-corrected chi connectivity index (χ1v) is 8.04. The SMILES string of the molecule is CCCN1CCC(NC2CCC(C(F)(F)F)CC2)CC1. The summed E-state index contributed by atoms with van der Waals surface area (Å²) in [5.74, 6) is -1.06. The lowest BCUT2D eigenvalue weighted by atomic mass is 9.85. The number of piperidine rings is 1. The maximum Gasteiger partial charge on any atom is 0.391 e. The molecule has 1 N–H and O–H groups in total. The van der Waals surface area contributed by atoms with Gasteiger partial charge in [0.1, 0.15) is 0 Å². The highest BCUT2D eigenvalue weighted by Gasteiger charge is 2.41. The molecule has 1 aliphatic heterocycles. The fraction of sp³-hybridized carbons (Fsp3) is 1.00. The van der Waals surface area contributed by atoms with Gasteiger partial charge in [-0.25, -0.2) is 0 Å².